The highest BCUT2D eigenvalue weighted by molar-refractivity contribution is 6.19. The van der Waals surface area contributed by atoms with Gasteiger partial charge in [0.2, 0.25) is 0 Å². The van der Waals surface area contributed by atoms with E-state index in [1.807, 2.05) is 13.8 Å². The fourth-order valence-electron chi connectivity index (χ4n) is 5.72. The van der Waals surface area contributed by atoms with Gasteiger partial charge in [0.25, 0.3) is 0 Å². The number of allylic oxidation sites excluding steroid dienone is 3. The molecule has 4 rings (SSSR count). The Morgan fingerprint density at radius 3 is 2.68 bits per heavy atom. The van der Waals surface area contributed by atoms with Gasteiger partial charge in [-0.15, -0.1) is 0 Å². The number of aliphatic hydroxyl groups is 1. The van der Waals surface area contributed by atoms with Gasteiger partial charge in [0.15, 0.2) is 17.9 Å². The third kappa shape index (κ3) is 5.14. The SMILES string of the molecule is C=C1C(=O)c2c(OC)cccc2C(=O)C/C(C)=C2/CC(C(=C)CO)C[C@](N)(OC3CCCCO3)/C2=C/1C. The first-order chi connectivity index (χ1) is 17.6. The van der Waals surface area contributed by atoms with Gasteiger partial charge in [0.05, 0.1) is 19.3 Å². The van der Waals surface area contributed by atoms with Gasteiger partial charge in [-0.2, -0.15) is 0 Å². The zero-order valence-corrected chi connectivity index (χ0v) is 22.0. The van der Waals surface area contributed by atoms with Crippen molar-refractivity contribution in [3.63, 3.8) is 0 Å². The fraction of sp³-hybridized carbons (Fsp3) is 0.467. The number of carbonyl (C=O) groups excluding carboxylic acids is 2. The number of carbonyl (C=O) groups is 2. The number of aliphatic hydroxyl groups excluding tert-OH is 1. The molecule has 7 nitrogen and oxygen atoms in total. The molecule has 1 saturated heterocycles. The van der Waals surface area contributed by atoms with Crippen molar-refractivity contribution in [1.29, 1.82) is 0 Å². The maximum Gasteiger partial charge on any atom is 0.197 e. The highest BCUT2D eigenvalue weighted by atomic mass is 16.7. The smallest absolute Gasteiger partial charge is 0.197 e. The van der Waals surface area contributed by atoms with Crippen LogP contribution < -0.4 is 10.5 Å². The molecule has 0 spiro atoms. The fourth-order valence-corrected chi connectivity index (χ4v) is 5.72. The summed E-state index contributed by atoms with van der Waals surface area (Å²) in [4.78, 5) is 27.4. The first-order valence-corrected chi connectivity index (χ1v) is 12.8. The Kier molecular flexibility index (Phi) is 7.99. The molecular weight excluding hydrogens is 470 g/mol. The standard InChI is InChI=1S/C30H37NO6/c1-17-13-24(33)22-9-8-10-25(35-5)27(22)29(34)20(4)19(3)28-23(17)14-21(18(2)16-32)15-30(28,31)37-26-11-6-7-12-36-26/h8-10,21,26,32H,2,4,6-7,11-16,31H2,1,3,5H3/b23-17-,28-19+/t21?,26?,30-/m0/s1. The van der Waals surface area contributed by atoms with Crippen molar-refractivity contribution in [2.24, 2.45) is 11.7 Å². The average Bonchev–Trinajstić information content (AvgIpc) is 2.90. The topological polar surface area (TPSA) is 108 Å². The molecule has 7 heteroatoms. The number of fused-ring (bicyclic) bond motifs is 2. The van der Waals surface area contributed by atoms with Gasteiger partial charge in [0, 0.05) is 36.2 Å². The molecule has 0 bridgehead atoms. The highest BCUT2D eigenvalue weighted by Crippen LogP contribution is 2.48. The van der Waals surface area contributed by atoms with E-state index >= 15 is 0 Å². The number of nitrogens with two attached hydrogens (primary N) is 1. The van der Waals surface area contributed by atoms with Crippen LogP contribution in [0.5, 0.6) is 5.75 Å². The van der Waals surface area contributed by atoms with Crippen LogP contribution in [-0.4, -0.2) is 49.0 Å². The van der Waals surface area contributed by atoms with Gasteiger partial charge in [-0.1, -0.05) is 30.9 Å². The molecule has 3 N–H and O–H groups in total. The molecule has 37 heavy (non-hydrogen) atoms. The first-order valence-electron chi connectivity index (χ1n) is 12.8. The second kappa shape index (κ2) is 10.9. The molecule has 0 radical (unpaired) electrons. The number of benzene rings is 1. The third-order valence-electron chi connectivity index (χ3n) is 7.80. The predicted molar refractivity (Wildman–Crippen MR) is 141 cm³/mol. The first kappa shape index (κ1) is 27.2. The summed E-state index contributed by atoms with van der Waals surface area (Å²) in [5.41, 5.74) is 10.1. The van der Waals surface area contributed by atoms with E-state index in [-0.39, 0.29) is 41.6 Å². The minimum atomic E-state index is -1.33. The Balaban J connectivity index is 1.94. The van der Waals surface area contributed by atoms with Crippen LogP contribution in [0.25, 0.3) is 0 Å². The minimum Gasteiger partial charge on any atom is -0.496 e. The van der Waals surface area contributed by atoms with Crippen molar-refractivity contribution >= 4 is 11.6 Å². The summed E-state index contributed by atoms with van der Waals surface area (Å²) >= 11 is 0. The molecule has 3 atom stereocenters. The molecule has 198 valence electrons. The second-order valence-electron chi connectivity index (χ2n) is 10.3. The Hall–Kier alpha value is -2.84. The molecule has 1 heterocycles. The van der Waals surface area contributed by atoms with Crippen LogP contribution in [0.4, 0.5) is 0 Å². The third-order valence-corrected chi connectivity index (χ3v) is 7.80. The number of ketones is 2. The number of hydrogen-bond donors (Lipinski definition) is 2. The van der Waals surface area contributed by atoms with Gasteiger partial charge in [-0.3, -0.25) is 15.3 Å². The normalized spacial score (nSPS) is 31.0. The van der Waals surface area contributed by atoms with Crippen LogP contribution in [0.3, 0.4) is 0 Å². The van der Waals surface area contributed by atoms with E-state index in [0.717, 1.165) is 24.0 Å². The van der Waals surface area contributed by atoms with E-state index in [4.69, 9.17) is 19.9 Å². The summed E-state index contributed by atoms with van der Waals surface area (Å²) in [6.45, 7) is 12.4. The lowest BCUT2D eigenvalue weighted by molar-refractivity contribution is -0.218. The molecule has 2 aliphatic carbocycles. The van der Waals surface area contributed by atoms with Gasteiger partial charge in [-0.25, -0.2) is 0 Å². The lowest BCUT2D eigenvalue weighted by Crippen LogP contribution is -2.53. The van der Waals surface area contributed by atoms with Gasteiger partial charge < -0.3 is 19.3 Å². The molecule has 0 aromatic heterocycles. The number of rotatable bonds is 5. The Morgan fingerprint density at radius 1 is 1.27 bits per heavy atom. The number of methoxy groups -OCH3 is 1. The minimum absolute atomic E-state index is 0.0976. The number of Topliss-reactive ketones (excluding diaryl/α,β-unsaturated/α-hetero) is 2. The summed E-state index contributed by atoms with van der Waals surface area (Å²) in [5.74, 6) is -0.426. The Labute approximate surface area is 218 Å². The Morgan fingerprint density at radius 2 is 2.03 bits per heavy atom. The maximum absolute atomic E-state index is 13.8. The average molecular weight is 508 g/mol. The molecule has 0 amide bonds. The summed E-state index contributed by atoms with van der Waals surface area (Å²) < 4.78 is 17.9. The van der Waals surface area contributed by atoms with E-state index in [0.29, 0.717) is 53.9 Å². The molecule has 1 saturated carbocycles. The summed E-state index contributed by atoms with van der Waals surface area (Å²) in [6, 6.07) is 5.03. The maximum atomic E-state index is 13.8. The molecule has 1 aliphatic heterocycles. The Bertz CT molecular complexity index is 1200. The van der Waals surface area contributed by atoms with E-state index in [1.54, 1.807) is 18.2 Å². The van der Waals surface area contributed by atoms with Crippen LogP contribution in [0.2, 0.25) is 0 Å². The lowest BCUT2D eigenvalue weighted by Gasteiger charge is -2.45. The van der Waals surface area contributed by atoms with Crippen molar-refractivity contribution in [1.82, 2.24) is 0 Å². The molecule has 2 unspecified atom stereocenters. The lowest BCUT2D eigenvalue weighted by atomic mass is 9.69. The van der Waals surface area contributed by atoms with E-state index in [2.05, 4.69) is 13.2 Å². The number of ether oxygens (including phenoxy) is 3. The van der Waals surface area contributed by atoms with Crippen molar-refractivity contribution in [2.75, 3.05) is 20.3 Å². The van der Waals surface area contributed by atoms with Gasteiger partial charge >= 0.3 is 0 Å². The quantitative estimate of drug-likeness (QED) is 0.334. The zero-order valence-electron chi connectivity index (χ0n) is 22.0. The molecule has 1 aromatic carbocycles. The van der Waals surface area contributed by atoms with Crippen LogP contribution in [-0.2, 0) is 9.47 Å². The summed E-state index contributed by atoms with van der Waals surface area (Å²) in [7, 11) is 1.47. The monoisotopic (exact) mass is 507 g/mol. The summed E-state index contributed by atoms with van der Waals surface area (Å²) in [5, 5.41) is 9.89. The molecule has 1 aromatic rings. The number of hydrogen-bond acceptors (Lipinski definition) is 7. The van der Waals surface area contributed by atoms with Crippen molar-refractivity contribution in [2.45, 2.75) is 64.4 Å². The second-order valence-corrected chi connectivity index (χ2v) is 10.3. The van der Waals surface area contributed by atoms with E-state index < -0.39 is 12.0 Å². The van der Waals surface area contributed by atoms with E-state index in [1.165, 1.54) is 7.11 Å². The van der Waals surface area contributed by atoms with Gasteiger partial charge in [0.1, 0.15) is 11.5 Å². The zero-order chi connectivity index (χ0) is 26.9. The van der Waals surface area contributed by atoms with Crippen molar-refractivity contribution in [3.05, 3.63) is 75.9 Å². The molecule has 2 fully saturated rings. The summed E-state index contributed by atoms with van der Waals surface area (Å²) in [6.07, 6.45) is 3.10. The predicted octanol–water partition coefficient (Wildman–Crippen LogP) is 4.81. The van der Waals surface area contributed by atoms with Crippen LogP contribution in [0, 0.1) is 5.92 Å². The largest absolute Gasteiger partial charge is 0.496 e. The van der Waals surface area contributed by atoms with Crippen LogP contribution in [0.15, 0.2) is 64.8 Å². The van der Waals surface area contributed by atoms with Crippen molar-refractivity contribution in [3.8, 4) is 5.75 Å². The van der Waals surface area contributed by atoms with Crippen molar-refractivity contribution < 1.29 is 28.9 Å². The van der Waals surface area contributed by atoms with Crippen LogP contribution in [0.1, 0.15) is 73.1 Å². The molecular formula is C30H37NO6. The van der Waals surface area contributed by atoms with Gasteiger partial charge in [-0.05, 0) is 68.2 Å². The van der Waals surface area contributed by atoms with Crippen LogP contribution >= 0.6 is 0 Å². The van der Waals surface area contributed by atoms with E-state index in [9.17, 15) is 14.7 Å². The highest BCUT2D eigenvalue weighted by Gasteiger charge is 2.46. The molecule has 3 aliphatic rings.